The van der Waals surface area contributed by atoms with Crippen molar-refractivity contribution < 1.29 is 5.03 Å². The standard InChI is InChI=1S/C8H10ClN5O2S2/c1-12-4-17-5-13(8(12)11-14(15)16)3-6-2-10-7(9)18-6/h2H,3-5H2,1H3. The molecule has 0 radical (unpaired) electrons. The Morgan fingerprint density at radius 3 is 3.06 bits per heavy atom. The van der Waals surface area contributed by atoms with Gasteiger partial charge in [-0.25, -0.2) is 15.1 Å². The quantitative estimate of drug-likeness (QED) is 0.625. The minimum Gasteiger partial charge on any atom is -0.331 e. The molecule has 1 aromatic heterocycles. The predicted molar refractivity (Wildman–Crippen MR) is 72.2 cm³/mol. The van der Waals surface area contributed by atoms with E-state index in [1.54, 1.807) is 29.9 Å². The molecule has 0 amide bonds. The van der Waals surface area contributed by atoms with Gasteiger partial charge in [0.15, 0.2) is 9.50 Å². The molecule has 2 rings (SSSR count). The fourth-order valence-corrected chi connectivity index (χ4v) is 3.41. The van der Waals surface area contributed by atoms with Crippen molar-refractivity contribution in [2.75, 3.05) is 18.8 Å². The Hall–Kier alpha value is -1.06. The summed E-state index contributed by atoms with van der Waals surface area (Å²) in [6, 6.07) is 0. The van der Waals surface area contributed by atoms with Crippen LogP contribution in [0.25, 0.3) is 0 Å². The van der Waals surface area contributed by atoms with Gasteiger partial charge < -0.3 is 9.80 Å². The van der Waals surface area contributed by atoms with Gasteiger partial charge in [0.05, 0.1) is 18.3 Å². The van der Waals surface area contributed by atoms with E-state index in [0.29, 0.717) is 28.7 Å². The third-order valence-corrected chi connectivity index (χ3v) is 4.36. The molecule has 1 aliphatic rings. The molecule has 0 N–H and O–H groups in total. The molecule has 1 aliphatic heterocycles. The van der Waals surface area contributed by atoms with Crippen molar-refractivity contribution >= 4 is 40.7 Å². The van der Waals surface area contributed by atoms with Crippen LogP contribution in [0.3, 0.4) is 0 Å². The first-order valence-electron chi connectivity index (χ1n) is 4.93. The van der Waals surface area contributed by atoms with Crippen molar-refractivity contribution in [3.63, 3.8) is 0 Å². The maximum Gasteiger partial charge on any atom is 0.275 e. The number of halogens is 1. The SMILES string of the molecule is CN1CSCN(Cc2cnc(Cl)s2)C1=N[N+](=O)[O-]. The van der Waals surface area contributed by atoms with E-state index in [9.17, 15) is 10.1 Å². The highest BCUT2D eigenvalue weighted by molar-refractivity contribution is 7.99. The van der Waals surface area contributed by atoms with Gasteiger partial charge >= 0.3 is 0 Å². The van der Waals surface area contributed by atoms with Crippen molar-refractivity contribution in [2.24, 2.45) is 5.10 Å². The van der Waals surface area contributed by atoms with E-state index >= 15 is 0 Å². The van der Waals surface area contributed by atoms with Gasteiger partial charge in [0.2, 0.25) is 0 Å². The first kappa shape index (κ1) is 13.4. The highest BCUT2D eigenvalue weighted by Crippen LogP contribution is 2.23. The second kappa shape index (κ2) is 5.72. The van der Waals surface area contributed by atoms with Crippen molar-refractivity contribution in [3.8, 4) is 0 Å². The van der Waals surface area contributed by atoms with Crippen molar-refractivity contribution in [1.82, 2.24) is 14.8 Å². The van der Waals surface area contributed by atoms with Crippen LogP contribution in [0.4, 0.5) is 0 Å². The number of hydrazone groups is 1. The Bertz CT molecular complexity index is 480. The minimum absolute atomic E-state index is 0.364. The average molecular weight is 308 g/mol. The first-order valence-corrected chi connectivity index (χ1v) is 7.28. The summed E-state index contributed by atoms with van der Waals surface area (Å²) in [5, 5.41) is 13.3. The fraction of sp³-hybridized carbons (Fsp3) is 0.500. The highest BCUT2D eigenvalue weighted by atomic mass is 35.5. The van der Waals surface area contributed by atoms with E-state index in [-0.39, 0.29) is 0 Å². The zero-order valence-electron chi connectivity index (χ0n) is 9.45. The number of thiazole rings is 1. The topological polar surface area (TPSA) is 74.9 Å². The average Bonchev–Trinajstić information content (AvgIpc) is 2.69. The van der Waals surface area contributed by atoms with E-state index in [2.05, 4.69) is 10.1 Å². The van der Waals surface area contributed by atoms with Gasteiger partial charge in [-0.1, -0.05) is 11.6 Å². The molecule has 7 nitrogen and oxygen atoms in total. The van der Waals surface area contributed by atoms with E-state index in [0.717, 1.165) is 4.88 Å². The van der Waals surface area contributed by atoms with Crippen LogP contribution in [0.5, 0.6) is 0 Å². The van der Waals surface area contributed by atoms with Crippen LogP contribution in [0.2, 0.25) is 4.47 Å². The zero-order chi connectivity index (χ0) is 13.1. The van der Waals surface area contributed by atoms with Gasteiger partial charge in [0.1, 0.15) is 5.10 Å². The molecule has 0 bridgehead atoms. The molecule has 18 heavy (non-hydrogen) atoms. The summed E-state index contributed by atoms with van der Waals surface area (Å²) < 4.78 is 0.468. The molecule has 2 heterocycles. The molecule has 0 aliphatic carbocycles. The van der Waals surface area contributed by atoms with Gasteiger partial charge in [0.25, 0.3) is 5.96 Å². The lowest BCUT2D eigenvalue weighted by molar-refractivity contribution is -0.486. The maximum absolute atomic E-state index is 10.5. The van der Waals surface area contributed by atoms with Crippen LogP contribution in [0, 0.1) is 10.1 Å². The van der Waals surface area contributed by atoms with Crippen LogP contribution in [0.1, 0.15) is 4.88 Å². The smallest absolute Gasteiger partial charge is 0.275 e. The van der Waals surface area contributed by atoms with Gasteiger partial charge in [-0.2, -0.15) is 0 Å². The molecule has 0 spiro atoms. The van der Waals surface area contributed by atoms with E-state index in [4.69, 9.17) is 11.6 Å². The molecule has 1 aromatic rings. The molecule has 0 atom stereocenters. The number of nitro groups is 1. The number of thioether (sulfide) groups is 1. The second-order valence-electron chi connectivity index (χ2n) is 3.58. The van der Waals surface area contributed by atoms with Crippen molar-refractivity contribution in [2.45, 2.75) is 6.54 Å². The summed E-state index contributed by atoms with van der Waals surface area (Å²) >= 11 is 8.79. The summed E-state index contributed by atoms with van der Waals surface area (Å²) in [6.07, 6.45) is 1.68. The fourth-order valence-electron chi connectivity index (χ4n) is 1.52. The lowest BCUT2D eigenvalue weighted by Crippen LogP contribution is -2.46. The molecule has 98 valence electrons. The minimum atomic E-state index is -0.672. The third kappa shape index (κ3) is 3.24. The maximum atomic E-state index is 10.5. The summed E-state index contributed by atoms with van der Waals surface area (Å²) in [5.41, 5.74) is 0. The third-order valence-electron chi connectivity index (χ3n) is 2.20. The first-order chi connectivity index (χ1) is 8.56. The van der Waals surface area contributed by atoms with Crippen molar-refractivity contribution in [3.05, 3.63) is 25.7 Å². The van der Waals surface area contributed by atoms with Crippen LogP contribution in [-0.2, 0) is 6.54 Å². The van der Waals surface area contributed by atoms with E-state index in [1.807, 2.05) is 4.90 Å². The lowest BCUT2D eigenvalue weighted by atomic mass is 10.5. The summed E-state index contributed by atoms with van der Waals surface area (Å²) in [7, 11) is 1.78. The van der Waals surface area contributed by atoms with Gasteiger partial charge in [-0.05, 0) is 0 Å². The monoisotopic (exact) mass is 307 g/mol. The van der Waals surface area contributed by atoms with Crippen LogP contribution in [-0.4, -0.2) is 44.6 Å². The number of guanidine groups is 1. The molecular weight excluding hydrogens is 298 g/mol. The Kier molecular flexibility index (Phi) is 4.25. The highest BCUT2D eigenvalue weighted by Gasteiger charge is 2.25. The van der Waals surface area contributed by atoms with Gasteiger partial charge in [0, 0.05) is 18.1 Å². The summed E-state index contributed by atoms with van der Waals surface area (Å²) in [5.74, 6) is 1.71. The van der Waals surface area contributed by atoms with Gasteiger partial charge in [-0.3, -0.25) is 0 Å². The lowest BCUT2D eigenvalue weighted by Gasteiger charge is -2.33. The molecular formula is C8H10ClN5O2S2. The predicted octanol–water partition coefficient (Wildman–Crippen LogP) is 1.74. The molecule has 0 aromatic carbocycles. The summed E-state index contributed by atoms with van der Waals surface area (Å²) in [6.45, 7) is 0.522. The number of hydrogen-bond acceptors (Lipinski definition) is 5. The normalized spacial score (nSPS) is 18.4. The number of aromatic nitrogens is 1. The largest absolute Gasteiger partial charge is 0.331 e. The number of hydrogen-bond donors (Lipinski definition) is 0. The zero-order valence-corrected chi connectivity index (χ0v) is 11.8. The second-order valence-corrected chi connectivity index (χ2v) is 6.20. The Morgan fingerprint density at radius 1 is 1.67 bits per heavy atom. The van der Waals surface area contributed by atoms with Crippen LogP contribution in [0.15, 0.2) is 11.3 Å². The summed E-state index contributed by atoms with van der Waals surface area (Å²) in [4.78, 5) is 19.0. The molecule has 0 saturated carbocycles. The van der Waals surface area contributed by atoms with Gasteiger partial charge in [-0.15, -0.1) is 23.1 Å². The molecule has 1 saturated heterocycles. The van der Waals surface area contributed by atoms with Crippen molar-refractivity contribution in [1.29, 1.82) is 0 Å². The molecule has 10 heteroatoms. The number of nitrogens with zero attached hydrogens (tertiary/aromatic N) is 5. The Morgan fingerprint density at radius 2 is 2.44 bits per heavy atom. The van der Waals surface area contributed by atoms with E-state index < -0.39 is 5.03 Å². The molecule has 1 fully saturated rings. The van der Waals surface area contributed by atoms with Crippen LogP contribution >= 0.6 is 34.7 Å². The number of rotatable bonds is 3. The van der Waals surface area contributed by atoms with E-state index in [1.165, 1.54) is 11.3 Å². The van der Waals surface area contributed by atoms with Crippen LogP contribution < -0.4 is 0 Å². The Labute approximate surface area is 117 Å². The Balaban J connectivity index is 2.15. The molecule has 0 unspecified atom stereocenters.